The third-order valence-corrected chi connectivity index (χ3v) is 3.20. The molecule has 1 fully saturated rings. The number of aliphatic hydroxyl groups excluding tert-OH is 1. The molecule has 1 saturated heterocycles. The first-order chi connectivity index (χ1) is 8.37. The Balaban J connectivity index is 2.42. The maximum Gasteiger partial charge on any atom is 0.350 e. The lowest BCUT2D eigenvalue weighted by Gasteiger charge is -2.21. The predicted molar refractivity (Wildman–Crippen MR) is 58.3 cm³/mol. The molecule has 0 amide bonds. The van der Waals surface area contributed by atoms with E-state index in [1.807, 2.05) is 0 Å². The summed E-state index contributed by atoms with van der Waals surface area (Å²) >= 11 is 0. The monoisotopic (exact) mass is 260 g/mol. The number of aryl methyl sites for hydroxylation is 1. The van der Waals surface area contributed by atoms with E-state index in [4.69, 9.17) is 9.84 Å². The van der Waals surface area contributed by atoms with Crippen LogP contribution >= 0.6 is 0 Å². The molecule has 0 aliphatic carbocycles. The number of aromatic nitrogens is 2. The molecule has 0 saturated carbocycles. The van der Waals surface area contributed by atoms with Crippen LogP contribution < -0.4 is 5.69 Å². The van der Waals surface area contributed by atoms with Gasteiger partial charge in [-0.3, -0.25) is 4.57 Å². The number of nitrogens with zero attached hydrogens (tertiary/aromatic N) is 2. The maximum atomic E-state index is 14.0. The summed E-state index contributed by atoms with van der Waals surface area (Å²) < 4.78 is 33.8. The largest absolute Gasteiger partial charge is 0.394 e. The molecule has 1 aromatic heterocycles. The average Bonchev–Trinajstić information content (AvgIpc) is 2.52. The standard InChI is InChI=1S/C11H14F2N2O3/c1-6-3-4-15(10(17)14-6)9-11(12,13)7(2)8(5-16)18-9/h3-4,7-9,16H,5H2,1-2H3/t7?,8-,9-/m1/s1. The molecular weight excluding hydrogens is 246 g/mol. The maximum absolute atomic E-state index is 14.0. The Hall–Kier alpha value is -1.34. The fourth-order valence-corrected chi connectivity index (χ4v) is 1.98. The summed E-state index contributed by atoms with van der Waals surface area (Å²) in [4.78, 5) is 15.2. The summed E-state index contributed by atoms with van der Waals surface area (Å²) in [5.74, 6) is -4.39. The van der Waals surface area contributed by atoms with Gasteiger partial charge in [0.2, 0.25) is 6.23 Å². The Morgan fingerprint density at radius 3 is 2.78 bits per heavy atom. The number of hydrogen-bond acceptors (Lipinski definition) is 4. The van der Waals surface area contributed by atoms with Crippen LogP contribution in [0.25, 0.3) is 0 Å². The lowest BCUT2D eigenvalue weighted by molar-refractivity contribution is -0.126. The van der Waals surface area contributed by atoms with Crippen LogP contribution in [0.4, 0.5) is 8.78 Å². The summed E-state index contributed by atoms with van der Waals surface area (Å²) in [6.45, 7) is 2.37. The zero-order chi connectivity index (χ0) is 13.5. The van der Waals surface area contributed by atoms with Gasteiger partial charge in [-0.1, -0.05) is 6.92 Å². The van der Waals surface area contributed by atoms with E-state index in [0.717, 1.165) is 4.57 Å². The minimum Gasteiger partial charge on any atom is -0.394 e. The van der Waals surface area contributed by atoms with Crippen LogP contribution in [0.3, 0.4) is 0 Å². The van der Waals surface area contributed by atoms with Crippen molar-refractivity contribution in [2.24, 2.45) is 5.92 Å². The van der Waals surface area contributed by atoms with E-state index in [-0.39, 0.29) is 0 Å². The van der Waals surface area contributed by atoms with Crippen molar-refractivity contribution in [3.63, 3.8) is 0 Å². The second kappa shape index (κ2) is 4.40. The molecule has 3 atom stereocenters. The summed E-state index contributed by atoms with van der Waals surface area (Å²) in [5.41, 5.74) is -0.338. The van der Waals surface area contributed by atoms with Gasteiger partial charge in [0.1, 0.15) is 0 Å². The van der Waals surface area contributed by atoms with Gasteiger partial charge in [0.15, 0.2) is 0 Å². The molecule has 1 aliphatic rings. The average molecular weight is 260 g/mol. The smallest absolute Gasteiger partial charge is 0.350 e. The topological polar surface area (TPSA) is 64.3 Å². The van der Waals surface area contributed by atoms with Gasteiger partial charge in [0.05, 0.1) is 18.6 Å². The number of rotatable bonds is 2. The van der Waals surface area contributed by atoms with Gasteiger partial charge < -0.3 is 9.84 Å². The van der Waals surface area contributed by atoms with Gasteiger partial charge in [-0.2, -0.15) is 4.98 Å². The molecule has 1 aromatic rings. The van der Waals surface area contributed by atoms with Gasteiger partial charge >= 0.3 is 5.69 Å². The van der Waals surface area contributed by atoms with Crippen molar-refractivity contribution in [1.82, 2.24) is 9.55 Å². The van der Waals surface area contributed by atoms with E-state index in [1.165, 1.54) is 19.2 Å². The van der Waals surface area contributed by atoms with Gasteiger partial charge in [0.25, 0.3) is 5.92 Å². The predicted octanol–water partition coefficient (Wildman–Crippen LogP) is 0.713. The van der Waals surface area contributed by atoms with Crippen LogP contribution in [0.15, 0.2) is 17.1 Å². The Labute approximate surface area is 102 Å². The summed E-state index contributed by atoms with van der Waals surface area (Å²) in [6, 6.07) is 1.46. The molecule has 1 N–H and O–H groups in total. The van der Waals surface area contributed by atoms with Crippen LogP contribution in [0.5, 0.6) is 0 Å². The molecule has 0 bridgehead atoms. The molecule has 18 heavy (non-hydrogen) atoms. The van der Waals surface area contributed by atoms with E-state index in [1.54, 1.807) is 6.92 Å². The van der Waals surface area contributed by atoms with Gasteiger partial charge in [-0.15, -0.1) is 0 Å². The molecule has 7 heteroatoms. The van der Waals surface area contributed by atoms with E-state index >= 15 is 0 Å². The molecule has 5 nitrogen and oxygen atoms in total. The van der Waals surface area contributed by atoms with E-state index < -0.39 is 36.5 Å². The molecule has 0 aromatic carbocycles. The first-order valence-corrected chi connectivity index (χ1v) is 5.58. The molecule has 2 heterocycles. The number of hydrogen-bond donors (Lipinski definition) is 1. The van der Waals surface area contributed by atoms with Crippen molar-refractivity contribution in [1.29, 1.82) is 0 Å². The fraction of sp³-hybridized carbons (Fsp3) is 0.636. The Morgan fingerprint density at radius 2 is 2.28 bits per heavy atom. The highest BCUT2D eigenvalue weighted by Gasteiger charge is 2.57. The van der Waals surface area contributed by atoms with Crippen molar-refractivity contribution in [2.45, 2.75) is 32.1 Å². The molecule has 2 rings (SSSR count). The summed E-state index contributed by atoms with van der Waals surface area (Å²) in [6.07, 6.45) is -1.47. The molecule has 0 radical (unpaired) electrons. The van der Waals surface area contributed by atoms with E-state index in [9.17, 15) is 13.6 Å². The highest BCUT2D eigenvalue weighted by molar-refractivity contribution is 5.00. The Bertz CT molecular complexity index is 503. The minimum atomic E-state index is -3.23. The molecular formula is C11H14F2N2O3. The van der Waals surface area contributed by atoms with Crippen molar-refractivity contribution < 1.29 is 18.6 Å². The minimum absolute atomic E-state index is 0.448. The van der Waals surface area contributed by atoms with Crippen molar-refractivity contribution in [2.75, 3.05) is 6.61 Å². The molecule has 1 unspecified atom stereocenters. The first-order valence-electron chi connectivity index (χ1n) is 5.58. The van der Waals surface area contributed by atoms with E-state index in [0.29, 0.717) is 5.69 Å². The quantitative estimate of drug-likeness (QED) is 0.850. The zero-order valence-corrected chi connectivity index (χ0v) is 10.0. The number of ether oxygens (including phenoxy) is 1. The number of halogens is 2. The van der Waals surface area contributed by atoms with Crippen molar-refractivity contribution in [3.05, 3.63) is 28.4 Å². The molecule has 0 spiro atoms. The second-order valence-corrected chi connectivity index (χ2v) is 4.43. The van der Waals surface area contributed by atoms with Gasteiger partial charge in [0, 0.05) is 11.9 Å². The molecule has 100 valence electrons. The van der Waals surface area contributed by atoms with Crippen LogP contribution in [0.2, 0.25) is 0 Å². The SMILES string of the molecule is Cc1ccn([C@@H]2O[C@H](CO)C(C)C2(F)F)c(=O)n1. The van der Waals surface area contributed by atoms with Crippen molar-refractivity contribution >= 4 is 0 Å². The van der Waals surface area contributed by atoms with Gasteiger partial charge in [-0.05, 0) is 13.0 Å². The van der Waals surface area contributed by atoms with Crippen LogP contribution in [0, 0.1) is 12.8 Å². The van der Waals surface area contributed by atoms with Gasteiger partial charge in [-0.25, -0.2) is 13.6 Å². The Kier molecular flexibility index (Phi) is 3.20. The normalized spacial score (nSPS) is 30.6. The second-order valence-electron chi connectivity index (χ2n) is 4.43. The van der Waals surface area contributed by atoms with Crippen molar-refractivity contribution in [3.8, 4) is 0 Å². The zero-order valence-electron chi connectivity index (χ0n) is 10.0. The Morgan fingerprint density at radius 1 is 1.61 bits per heavy atom. The third-order valence-electron chi connectivity index (χ3n) is 3.20. The number of alkyl halides is 2. The highest BCUT2D eigenvalue weighted by atomic mass is 19.3. The first kappa shape index (κ1) is 13.1. The van der Waals surface area contributed by atoms with Crippen LogP contribution in [-0.4, -0.2) is 33.3 Å². The number of aliphatic hydroxyl groups is 1. The summed E-state index contributed by atoms with van der Waals surface area (Å²) in [7, 11) is 0. The van der Waals surface area contributed by atoms with E-state index in [2.05, 4.69) is 4.98 Å². The summed E-state index contributed by atoms with van der Waals surface area (Å²) in [5, 5.41) is 8.99. The molecule has 1 aliphatic heterocycles. The van der Waals surface area contributed by atoms with Crippen LogP contribution in [-0.2, 0) is 4.74 Å². The third kappa shape index (κ3) is 1.93. The lowest BCUT2D eigenvalue weighted by atomic mass is 10.00. The lowest BCUT2D eigenvalue weighted by Crippen LogP contribution is -2.37. The highest BCUT2D eigenvalue weighted by Crippen LogP contribution is 2.45. The van der Waals surface area contributed by atoms with Crippen LogP contribution in [0.1, 0.15) is 18.8 Å². The fourth-order valence-electron chi connectivity index (χ4n) is 1.98.